The Morgan fingerprint density at radius 1 is 1.50 bits per heavy atom. The number of carbonyl (C=O) groups is 1. The van der Waals surface area contributed by atoms with E-state index in [1.54, 1.807) is 19.3 Å². The highest BCUT2D eigenvalue weighted by molar-refractivity contribution is 5.67. The Labute approximate surface area is 83.2 Å². The number of nitrogen functional groups attached to an aromatic ring is 1. The molecule has 0 spiro atoms. The largest absolute Gasteiger partial charge is 0.497 e. The lowest BCUT2D eigenvalue weighted by atomic mass is 10.1. The first-order chi connectivity index (χ1) is 6.77. The number of allylic oxidation sites excluding steroid dienone is 1. The van der Waals surface area contributed by atoms with Gasteiger partial charge < -0.3 is 15.3 Å². The normalized spacial score (nSPS) is 10.4. The van der Waals surface area contributed by atoms with E-state index in [-0.39, 0.29) is 0 Å². The first-order valence-corrected chi connectivity index (χ1v) is 4.31. The van der Waals surface area contributed by atoms with Gasteiger partial charge in [0.05, 0.1) is 7.11 Å². The number of methoxy groups -OCH3 is 1. The minimum atomic E-state index is 0.408. The average molecular weight is 191 g/mol. The Hall–Kier alpha value is -1.77. The van der Waals surface area contributed by atoms with E-state index in [0.717, 1.165) is 17.6 Å². The molecule has 0 saturated heterocycles. The van der Waals surface area contributed by atoms with Crippen LogP contribution in [0.5, 0.6) is 5.75 Å². The van der Waals surface area contributed by atoms with Crippen molar-refractivity contribution in [2.45, 2.75) is 6.42 Å². The summed E-state index contributed by atoms with van der Waals surface area (Å²) in [6, 6.07) is 5.44. The first-order valence-electron chi connectivity index (χ1n) is 4.31. The molecule has 3 heteroatoms. The lowest BCUT2D eigenvalue weighted by Crippen LogP contribution is -1.91. The molecule has 0 amide bonds. The number of hydrogen-bond donors (Lipinski definition) is 1. The highest BCUT2D eigenvalue weighted by atomic mass is 16.5. The van der Waals surface area contributed by atoms with Crippen LogP contribution >= 0.6 is 0 Å². The number of aldehydes is 1. The van der Waals surface area contributed by atoms with E-state index in [2.05, 4.69) is 0 Å². The molecule has 0 aliphatic heterocycles. The third-order valence-corrected chi connectivity index (χ3v) is 1.82. The second-order valence-electron chi connectivity index (χ2n) is 2.80. The molecule has 1 rings (SSSR count). The average Bonchev–Trinajstić information content (AvgIpc) is 2.20. The predicted molar refractivity (Wildman–Crippen MR) is 57.1 cm³/mol. The summed E-state index contributed by atoms with van der Waals surface area (Å²) in [6.45, 7) is 0. The molecule has 1 aromatic rings. The minimum Gasteiger partial charge on any atom is -0.497 e. The quantitative estimate of drug-likeness (QED) is 0.584. The molecule has 0 unspecified atom stereocenters. The molecule has 0 fully saturated rings. The topological polar surface area (TPSA) is 52.3 Å². The fraction of sp³-hybridized carbons (Fsp3) is 0.182. The van der Waals surface area contributed by atoms with Gasteiger partial charge in [-0.2, -0.15) is 0 Å². The molecule has 3 nitrogen and oxygen atoms in total. The van der Waals surface area contributed by atoms with Crippen molar-refractivity contribution in [3.63, 3.8) is 0 Å². The van der Waals surface area contributed by atoms with Crippen LogP contribution in [0.15, 0.2) is 24.3 Å². The van der Waals surface area contributed by atoms with E-state index in [4.69, 9.17) is 10.5 Å². The van der Waals surface area contributed by atoms with Crippen molar-refractivity contribution in [2.24, 2.45) is 0 Å². The maximum atomic E-state index is 10.1. The van der Waals surface area contributed by atoms with Gasteiger partial charge in [-0.25, -0.2) is 0 Å². The van der Waals surface area contributed by atoms with Crippen LogP contribution in [0, 0.1) is 0 Å². The summed E-state index contributed by atoms with van der Waals surface area (Å²) >= 11 is 0. The summed E-state index contributed by atoms with van der Waals surface area (Å²) in [6.07, 6.45) is 4.84. The number of ether oxygens (including phenoxy) is 1. The lowest BCUT2D eigenvalue weighted by molar-refractivity contribution is -0.107. The van der Waals surface area contributed by atoms with Gasteiger partial charge in [-0.05, 0) is 17.7 Å². The predicted octanol–water partition coefficient (Wildman–Crippen LogP) is 1.88. The summed E-state index contributed by atoms with van der Waals surface area (Å²) in [5.41, 5.74) is 7.30. The van der Waals surface area contributed by atoms with Gasteiger partial charge in [0.2, 0.25) is 0 Å². The van der Waals surface area contributed by atoms with Crippen molar-refractivity contribution in [1.29, 1.82) is 0 Å². The zero-order chi connectivity index (χ0) is 10.4. The van der Waals surface area contributed by atoms with Crippen LogP contribution in [0.2, 0.25) is 0 Å². The molecule has 0 aromatic heterocycles. The Kier molecular flexibility index (Phi) is 3.73. The molecule has 0 bridgehead atoms. The molecule has 1 aromatic carbocycles. The lowest BCUT2D eigenvalue weighted by Gasteiger charge is -2.03. The van der Waals surface area contributed by atoms with Crippen molar-refractivity contribution in [1.82, 2.24) is 0 Å². The van der Waals surface area contributed by atoms with E-state index in [9.17, 15) is 4.79 Å². The Morgan fingerprint density at radius 3 is 2.86 bits per heavy atom. The zero-order valence-electron chi connectivity index (χ0n) is 8.07. The number of rotatable bonds is 4. The Bertz CT molecular complexity index is 345. The van der Waals surface area contributed by atoms with Crippen molar-refractivity contribution in [3.05, 3.63) is 29.8 Å². The number of anilines is 1. The molecule has 0 aliphatic carbocycles. The minimum absolute atomic E-state index is 0.408. The smallest absolute Gasteiger partial charge is 0.123 e. The monoisotopic (exact) mass is 191 g/mol. The van der Waals surface area contributed by atoms with Crippen molar-refractivity contribution >= 4 is 18.0 Å². The van der Waals surface area contributed by atoms with Gasteiger partial charge in [0.25, 0.3) is 0 Å². The van der Waals surface area contributed by atoms with Gasteiger partial charge in [0, 0.05) is 18.2 Å². The van der Waals surface area contributed by atoms with Gasteiger partial charge in [-0.1, -0.05) is 12.2 Å². The Balaban J connectivity index is 2.83. The van der Waals surface area contributed by atoms with Gasteiger partial charge in [-0.15, -0.1) is 0 Å². The van der Waals surface area contributed by atoms with E-state index < -0.39 is 0 Å². The first kappa shape index (κ1) is 10.3. The molecule has 0 aliphatic rings. The third kappa shape index (κ3) is 2.62. The van der Waals surface area contributed by atoms with Crippen LogP contribution in [0.1, 0.15) is 12.0 Å². The Morgan fingerprint density at radius 2 is 2.29 bits per heavy atom. The van der Waals surface area contributed by atoms with Crippen LogP contribution in [-0.4, -0.2) is 13.4 Å². The molecule has 0 heterocycles. The van der Waals surface area contributed by atoms with E-state index in [1.165, 1.54) is 0 Å². The number of benzene rings is 1. The molecule has 2 N–H and O–H groups in total. The van der Waals surface area contributed by atoms with E-state index in [0.29, 0.717) is 12.1 Å². The maximum Gasteiger partial charge on any atom is 0.123 e. The van der Waals surface area contributed by atoms with Gasteiger partial charge in [0.1, 0.15) is 12.0 Å². The highest BCUT2D eigenvalue weighted by Crippen LogP contribution is 2.20. The molecule has 14 heavy (non-hydrogen) atoms. The molecular weight excluding hydrogens is 178 g/mol. The van der Waals surface area contributed by atoms with Gasteiger partial charge in [-0.3, -0.25) is 0 Å². The second kappa shape index (κ2) is 5.07. The van der Waals surface area contributed by atoms with Gasteiger partial charge in [0.15, 0.2) is 0 Å². The van der Waals surface area contributed by atoms with Crippen LogP contribution in [0.4, 0.5) is 5.69 Å². The standard InChI is InChI=1S/C11H13NO2/c1-14-10-6-5-9(11(12)8-10)4-2-3-7-13/h2,4-8H,3,12H2,1H3. The summed E-state index contributed by atoms with van der Waals surface area (Å²) in [5.74, 6) is 0.732. The van der Waals surface area contributed by atoms with Crippen molar-refractivity contribution in [3.8, 4) is 5.75 Å². The molecule has 0 atom stereocenters. The van der Waals surface area contributed by atoms with Crippen LogP contribution < -0.4 is 10.5 Å². The SMILES string of the molecule is COc1ccc(C=CCC=O)c(N)c1. The maximum absolute atomic E-state index is 10.1. The summed E-state index contributed by atoms with van der Waals surface area (Å²) in [7, 11) is 1.59. The van der Waals surface area contributed by atoms with Crippen molar-refractivity contribution in [2.75, 3.05) is 12.8 Å². The summed E-state index contributed by atoms with van der Waals surface area (Å²) < 4.78 is 5.02. The number of hydrogen-bond acceptors (Lipinski definition) is 3. The van der Waals surface area contributed by atoms with Crippen LogP contribution in [0.25, 0.3) is 6.08 Å². The van der Waals surface area contributed by atoms with E-state index >= 15 is 0 Å². The van der Waals surface area contributed by atoms with E-state index in [1.807, 2.05) is 18.2 Å². The second-order valence-corrected chi connectivity index (χ2v) is 2.80. The van der Waals surface area contributed by atoms with Crippen LogP contribution in [0.3, 0.4) is 0 Å². The molecule has 74 valence electrons. The number of carbonyl (C=O) groups excluding carboxylic acids is 1. The summed E-state index contributed by atoms with van der Waals surface area (Å²) in [4.78, 5) is 10.1. The van der Waals surface area contributed by atoms with Gasteiger partial charge >= 0.3 is 0 Å². The number of nitrogens with two attached hydrogens (primary N) is 1. The molecule has 0 saturated carbocycles. The zero-order valence-corrected chi connectivity index (χ0v) is 8.07. The highest BCUT2D eigenvalue weighted by Gasteiger charge is 1.96. The van der Waals surface area contributed by atoms with Crippen molar-refractivity contribution < 1.29 is 9.53 Å². The fourth-order valence-corrected chi connectivity index (χ4v) is 1.08. The molecular formula is C11H13NO2. The van der Waals surface area contributed by atoms with Crippen LogP contribution in [-0.2, 0) is 4.79 Å². The molecule has 0 radical (unpaired) electrons. The fourth-order valence-electron chi connectivity index (χ4n) is 1.08. The third-order valence-electron chi connectivity index (χ3n) is 1.82. The summed E-state index contributed by atoms with van der Waals surface area (Å²) in [5, 5.41) is 0.